The number of para-hydroxylation sites is 1. The minimum atomic E-state index is 0.164. The molecule has 1 aliphatic heterocycles. The highest BCUT2D eigenvalue weighted by molar-refractivity contribution is 9.10. The van der Waals surface area contributed by atoms with Crippen LogP contribution in [0.3, 0.4) is 0 Å². The summed E-state index contributed by atoms with van der Waals surface area (Å²) in [7, 11) is 0. The van der Waals surface area contributed by atoms with Crippen molar-refractivity contribution in [2.75, 3.05) is 6.61 Å². The zero-order valence-corrected chi connectivity index (χ0v) is 9.93. The number of carbonyl (C=O) groups excluding carboxylic acids is 1. The number of benzene rings is 1. The van der Waals surface area contributed by atoms with Crippen LogP contribution in [0.5, 0.6) is 5.75 Å². The highest BCUT2D eigenvalue weighted by Crippen LogP contribution is 2.32. The summed E-state index contributed by atoms with van der Waals surface area (Å²) >= 11 is 3.33. The van der Waals surface area contributed by atoms with Gasteiger partial charge in [0, 0.05) is 6.42 Å². The van der Waals surface area contributed by atoms with Crippen LogP contribution in [0.2, 0.25) is 0 Å². The van der Waals surface area contributed by atoms with Gasteiger partial charge in [0.2, 0.25) is 0 Å². The molecule has 0 aromatic heterocycles. The lowest BCUT2D eigenvalue weighted by atomic mass is 10.1. The van der Waals surface area contributed by atoms with Crippen LogP contribution in [0.1, 0.15) is 30.6 Å². The number of hydrogen-bond acceptors (Lipinski definition) is 2. The molecule has 76 valence electrons. The van der Waals surface area contributed by atoms with Crippen molar-refractivity contribution in [1.82, 2.24) is 0 Å². The molecular weight excluding hydrogens is 244 g/mol. The van der Waals surface area contributed by atoms with Crippen molar-refractivity contribution in [1.29, 1.82) is 0 Å². The summed E-state index contributed by atoms with van der Waals surface area (Å²) in [5.74, 6) is 0.853. The zero-order valence-electron chi connectivity index (χ0n) is 8.34. The Morgan fingerprint density at radius 2 is 2.07 bits per heavy atom. The first-order valence-electron chi connectivity index (χ1n) is 4.73. The van der Waals surface area contributed by atoms with Crippen LogP contribution in [0.4, 0.5) is 0 Å². The van der Waals surface area contributed by atoms with E-state index in [1.54, 1.807) is 6.07 Å². The molecule has 14 heavy (non-hydrogen) atoms. The van der Waals surface area contributed by atoms with Crippen molar-refractivity contribution >= 4 is 21.7 Å². The molecule has 2 nitrogen and oxygen atoms in total. The number of Topliss-reactive ketones (excluding diaryl/α,β-unsaturated/α-hetero) is 1. The molecule has 0 saturated carbocycles. The fourth-order valence-electron chi connectivity index (χ4n) is 1.26. The number of fused-ring (bicyclic) bond motifs is 1. The van der Waals surface area contributed by atoms with Gasteiger partial charge in [0.15, 0.2) is 5.78 Å². The standard InChI is InChI=1S/C9H7BrO2.C2H6/c10-7-3-1-2-6-8(11)4-5-12-9(6)7;1-2/h1-3H,4-5H2;1-2H3. The first-order valence-corrected chi connectivity index (χ1v) is 5.53. The Kier molecular flexibility index (Phi) is 4.14. The molecule has 0 fully saturated rings. The van der Waals surface area contributed by atoms with E-state index in [2.05, 4.69) is 15.9 Å². The number of hydrogen-bond donors (Lipinski definition) is 0. The van der Waals surface area contributed by atoms with Gasteiger partial charge >= 0.3 is 0 Å². The number of halogens is 1. The average molecular weight is 257 g/mol. The minimum absolute atomic E-state index is 0.164. The SMILES string of the molecule is CC.O=C1CCOc2c(Br)cccc21. The van der Waals surface area contributed by atoms with Gasteiger partial charge in [-0.25, -0.2) is 0 Å². The van der Waals surface area contributed by atoms with E-state index in [1.807, 2.05) is 26.0 Å². The Morgan fingerprint density at radius 1 is 1.36 bits per heavy atom. The molecule has 2 rings (SSSR count). The maximum atomic E-state index is 11.3. The predicted molar refractivity (Wildman–Crippen MR) is 59.9 cm³/mol. The van der Waals surface area contributed by atoms with E-state index in [0.29, 0.717) is 24.3 Å². The molecule has 1 aliphatic rings. The molecule has 1 aromatic carbocycles. The quantitative estimate of drug-likeness (QED) is 0.711. The highest BCUT2D eigenvalue weighted by atomic mass is 79.9. The molecule has 0 spiro atoms. The Bertz CT molecular complexity index is 334. The topological polar surface area (TPSA) is 26.3 Å². The largest absolute Gasteiger partial charge is 0.491 e. The van der Waals surface area contributed by atoms with E-state index < -0.39 is 0 Å². The average Bonchev–Trinajstić information content (AvgIpc) is 2.23. The van der Waals surface area contributed by atoms with Gasteiger partial charge in [-0.05, 0) is 28.1 Å². The van der Waals surface area contributed by atoms with Gasteiger partial charge in [0.1, 0.15) is 5.75 Å². The first-order chi connectivity index (χ1) is 6.79. The van der Waals surface area contributed by atoms with Gasteiger partial charge in [-0.15, -0.1) is 0 Å². The second kappa shape index (κ2) is 5.15. The van der Waals surface area contributed by atoms with E-state index in [9.17, 15) is 4.79 Å². The third-order valence-corrected chi connectivity index (χ3v) is 2.47. The Hall–Kier alpha value is -0.830. The molecule has 0 amide bonds. The van der Waals surface area contributed by atoms with Crippen molar-refractivity contribution in [3.8, 4) is 5.75 Å². The third-order valence-electron chi connectivity index (χ3n) is 1.84. The number of carbonyl (C=O) groups is 1. The summed E-state index contributed by atoms with van der Waals surface area (Å²) in [5.41, 5.74) is 0.690. The van der Waals surface area contributed by atoms with Crippen molar-refractivity contribution in [3.63, 3.8) is 0 Å². The summed E-state index contributed by atoms with van der Waals surface area (Å²) in [5, 5.41) is 0. The van der Waals surface area contributed by atoms with Crippen LogP contribution < -0.4 is 4.74 Å². The second-order valence-corrected chi connectivity index (χ2v) is 3.49. The fraction of sp³-hybridized carbons (Fsp3) is 0.364. The summed E-state index contributed by atoms with van der Waals surface area (Å²) in [6, 6.07) is 5.51. The van der Waals surface area contributed by atoms with Crippen LogP contribution in [0.25, 0.3) is 0 Å². The summed E-state index contributed by atoms with van der Waals surface area (Å²) < 4.78 is 6.21. The van der Waals surface area contributed by atoms with E-state index in [0.717, 1.165) is 4.47 Å². The number of rotatable bonds is 0. The van der Waals surface area contributed by atoms with Gasteiger partial charge < -0.3 is 4.74 Å². The summed E-state index contributed by atoms with van der Waals surface area (Å²) in [4.78, 5) is 11.3. The number of ether oxygens (including phenoxy) is 1. The van der Waals surface area contributed by atoms with Crippen LogP contribution in [-0.2, 0) is 0 Å². The van der Waals surface area contributed by atoms with Crippen molar-refractivity contribution in [3.05, 3.63) is 28.2 Å². The van der Waals surface area contributed by atoms with E-state index in [4.69, 9.17) is 4.74 Å². The van der Waals surface area contributed by atoms with Gasteiger partial charge in [-0.3, -0.25) is 4.79 Å². The lowest BCUT2D eigenvalue weighted by Gasteiger charge is -2.16. The summed E-state index contributed by atoms with van der Waals surface area (Å²) in [6.07, 6.45) is 0.490. The third kappa shape index (κ3) is 2.15. The lowest BCUT2D eigenvalue weighted by Crippen LogP contribution is -2.15. The predicted octanol–water partition coefficient (Wildman–Crippen LogP) is 3.44. The maximum Gasteiger partial charge on any atom is 0.170 e. The van der Waals surface area contributed by atoms with Crippen molar-refractivity contribution in [2.45, 2.75) is 20.3 Å². The molecule has 0 bridgehead atoms. The molecule has 1 heterocycles. The smallest absolute Gasteiger partial charge is 0.170 e. The normalized spacial score (nSPS) is 13.5. The van der Waals surface area contributed by atoms with Crippen LogP contribution >= 0.6 is 15.9 Å². The molecule has 0 radical (unpaired) electrons. The van der Waals surface area contributed by atoms with Gasteiger partial charge in [0.25, 0.3) is 0 Å². The molecular formula is C11H13BrO2. The lowest BCUT2D eigenvalue weighted by molar-refractivity contribution is 0.0933. The molecule has 0 N–H and O–H groups in total. The van der Waals surface area contributed by atoms with Crippen molar-refractivity contribution < 1.29 is 9.53 Å². The molecule has 3 heteroatoms. The molecule has 0 aliphatic carbocycles. The number of ketones is 1. The van der Waals surface area contributed by atoms with E-state index in [-0.39, 0.29) is 5.78 Å². The minimum Gasteiger partial charge on any atom is -0.491 e. The van der Waals surface area contributed by atoms with Crippen LogP contribution in [0, 0.1) is 0 Å². The monoisotopic (exact) mass is 256 g/mol. The van der Waals surface area contributed by atoms with Gasteiger partial charge in [0.05, 0.1) is 16.6 Å². The zero-order chi connectivity index (χ0) is 10.6. The Morgan fingerprint density at radius 3 is 2.71 bits per heavy atom. The molecule has 0 atom stereocenters. The molecule has 0 unspecified atom stereocenters. The van der Waals surface area contributed by atoms with Crippen molar-refractivity contribution in [2.24, 2.45) is 0 Å². The van der Waals surface area contributed by atoms with E-state index in [1.165, 1.54) is 0 Å². The highest BCUT2D eigenvalue weighted by Gasteiger charge is 2.19. The van der Waals surface area contributed by atoms with E-state index >= 15 is 0 Å². The van der Waals surface area contributed by atoms with Crippen LogP contribution in [0.15, 0.2) is 22.7 Å². The van der Waals surface area contributed by atoms with Gasteiger partial charge in [-0.1, -0.05) is 19.9 Å². The second-order valence-electron chi connectivity index (χ2n) is 2.64. The van der Waals surface area contributed by atoms with Crippen LogP contribution in [-0.4, -0.2) is 12.4 Å². The first kappa shape index (κ1) is 11.2. The molecule has 0 saturated heterocycles. The molecule has 1 aromatic rings. The Labute approximate surface area is 92.4 Å². The maximum absolute atomic E-state index is 11.3. The summed E-state index contributed by atoms with van der Waals surface area (Å²) in [6.45, 7) is 4.49. The van der Waals surface area contributed by atoms with Gasteiger partial charge in [-0.2, -0.15) is 0 Å². The Balaban J connectivity index is 0.000000461. The fourth-order valence-corrected chi connectivity index (χ4v) is 1.74.